The molecule has 0 radical (unpaired) electrons. The van der Waals surface area contributed by atoms with Crippen molar-refractivity contribution in [3.05, 3.63) is 32.8 Å². The standard InChI is InChI=1S/C9H8ClF3N2O2/c1-2-14-8-6(10)3-5(9(11,12)13)4-7(8)15(16)17/h3-4,14H,2H2,1H3. The Labute approximate surface area is 99.5 Å². The minimum Gasteiger partial charge on any atom is -0.379 e. The highest BCUT2D eigenvalue weighted by atomic mass is 35.5. The molecule has 0 bridgehead atoms. The monoisotopic (exact) mass is 268 g/mol. The van der Waals surface area contributed by atoms with Crippen LogP contribution in [0, 0.1) is 10.1 Å². The molecule has 17 heavy (non-hydrogen) atoms. The Morgan fingerprint density at radius 1 is 1.47 bits per heavy atom. The van der Waals surface area contributed by atoms with Crippen LogP contribution in [-0.4, -0.2) is 11.5 Å². The van der Waals surface area contributed by atoms with Gasteiger partial charge in [-0.25, -0.2) is 0 Å². The zero-order valence-corrected chi connectivity index (χ0v) is 9.39. The third-order valence-electron chi connectivity index (χ3n) is 1.95. The third kappa shape index (κ3) is 3.00. The van der Waals surface area contributed by atoms with Gasteiger partial charge in [-0.05, 0) is 13.0 Å². The topological polar surface area (TPSA) is 55.2 Å². The maximum absolute atomic E-state index is 12.4. The molecule has 0 atom stereocenters. The number of nitrogens with zero attached hydrogens (tertiary/aromatic N) is 1. The lowest BCUT2D eigenvalue weighted by Crippen LogP contribution is -2.08. The molecule has 0 spiro atoms. The molecule has 4 nitrogen and oxygen atoms in total. The van der Waals surface area contributed by atoms with Crippen LogP contribution >= 0.6 is 11.6 Å². The number of hydrogen-bond donors (Lipinski definition) is 1. The number of alkyl halides is 3. The van der Waals surface area contributed by atoms with Gasteiger partial charge >= 0.3 is 6.18 Å². The van der Waals surface area contributed by atoms with E-state index >= 15 is 0 Å². The summed E-state index contributed by atoms with van der Waals surface area (Å²) in [5.74, 6) is 0. The molecule has 0 aliphatic heterocycles. The van der Waals surface area contributed by atoms with Gasteiger partial charge in [-0.2, -0.15) is 13.2 Å². The molecule has 0 amide bonds. The van der Waals surface area contributed by atoms with Crippen LogP contribution in [0.3, 0.4) is 0 Å². The zero-order valence-electron chi connectivity index (χ0n) is 8.64. The lowest BCUT2D eigenvalue weighted by molar-refractivity contribution is -0.384. The highest BCUT2D eigenvalue weighted by molar-refractivity contribution is 6.33. The van der Waals surface area contributed by atoms with Crippen molar-refractivity contribution in [1.29, 1.82) is 0 Å². The normalized spacial score (nSPS) is 11.4. The van der Waals surface area contributed by atoms with Crippen molar-refractivity contribution in [2.45, 2.75) is 13.1 Å². The van der Waals surface area contributed by atoms with Gasteiger partial charge in [-0.3, -0.25) is 10.1 Å². The Morgan fingerprint density at radius 3 is 2.47 bits per heavy atom. The first-order valence-corrected chi connectivity index (χ1v) is 4.94. The fourth-order valence-electron chi connectivity index (χ4n) is 1.25. The van der Waals surface area contributed by atoms with Crippen molar-refractivity contribution < 1.29 is 18.1 Å². The summed E-state index contributed by atoms with van der Waals surface area (Å²) < 4.78 is 37.3. The average molecular weight is 269 g/mol. The first kappa shape index (κ1) is 13.6. The van der Waals surface area contributed by atoms with E-state index in [4.69, 9.17) is 11.6 Å². The predicted molar refractivity (Wildman–Crippen MR) is 57.3 cm³/mol. The molecule has 8 heteroatoms. The molecule has 0 unspecified atom stereocenters. The van der Waals surface area contributed by atoms with E-state index in [0.29, 0.717) is 18.7 Å². The van der Waals surface area contributed by atoms with E-state index in [1.54, 1.807) is 6.92 Å². The fourth-order valence-corrected chi connectivity index (χ4v) is 1.53. The summed E-state index contributed by atoms with van der Waals surface area (Å²) in [5, 5.41) is 12.9. The maximum atomic E-state index is 12.4. The second-order valence-corrected chi connectivity index (χ2v) is 3.54. The van der Waals surface area contributed by atoms with Crippen LogP contribution in [0.25, 0.3) is 0 Å². The first-order valence-electron chi connectivity index (χ1n) is 4.56. The molecule has 1 rings (SSSR count). The highest BCUT2D eigenvalue weighted by Gasteiger charge is 2.34. The summed E-state index contributed by atoms with van der Waals surface area (Å²) in [5.41, 5.74) is -1.94. The Hall–Kier alpha value is -1.50. The maximum Gasteiger partial charge on any atom is 0.416 e. The van der Waals surface area contributed by atoms with Gasteiger partial charge in [0.2, 0.25) is 0 Å². The fraction of sp³-hybridized carbons (Fsp3) is 0.333. The van der Waals surface area contributed by atoms with Gasteiger partial charge in [-0.15, -0.1) is 0 Å². The average Bonchev–Trinajstić information content (AvgIpc) is 2.18. The van der Waals surface area contributed by atoms with Crippen molar-refractivity contribution >= 4 is 23.0 Å². The van der Waals surface area contributed by atoms with Crippen LogP contribution in [0.1, 0.15) is 12.5 Å². The molecule has 0 fully saturated rings. The smallest absolute Gasteiger partial charge is 0.379 e. The quantitative estimate of drug-likeness (QED) is 0.672. The Balaban J connectivity index is 3.41. The molecule has 0 aliphatic carbocycles. The molecular formula is C9H8ClF3N2O2. The first-order chi connectivity index (χ1) is 7.77. The van der Waals surface area contributed by atoms with E-state index in [1.807, 2.05) is 0 Å². The summed E-state index contributed by atoms with van der Waals surface area (Å²) >= 11 is 5.60. The Morgan fingerprint density at radius 2 is 2.06 bits per heavy atom. The van der Waals surface area contributed by atoms with Gasteiger partial charge in [0.25, 0.3) is 5.69 Å². The second kappa shape index (κ2) is 4.79. The number of anilines is 1. The molecule has 0 saturated heterocycles. The van der Waals surface area contributed by atoms with Gasteiger partial charge < -0.3 is 5.32 Å². The van der Waals surface area contributed by atoms with Crippen LogP contribution < -0.4 is 5.32 Å². The molecule has 0 saturated carbocycles. The van der Waals surface area contributed by atoms with Gasteiger partial charge in [0.05, 0.1) is 15.5 Å². The van der Waals surface area contributed by atoms with E-state index < -0.39 is 22.4 Å². The van der Waals surface area contributed by atoms with Crippen LogP contribution in [0.2, 0.25) is 5.02 Å². The van der Waals surface area contributed by atoms with Crippen molar-refractivity contribution in [2.24, 2.45) is 0 Å². The number of rotatable bonds is 3. The molecule has 1 N–H and O–H groups in total. The van der Waals surface area contributed by atoms with E-state index in [1.165, 1.54) is 0 Å². The van der Waals surface area contributed by atoms with Crippen molar-refractivity contribution in [1.82, 2.24) is 0 Å². The number of nitro benzene ring substituents is 1. The molecule has 1 aromatic carbocycles. The van der Waals surface area contributed by atoms with Gasteiger partial charge in [0, 0.05) is 12.6 Å². The number of halogens is 4. The molecule has 0 aromatic heterocycles. The van der Waals surface area contributed by atoms with Gasteiger partial charge in [-0.1, -0.05) is 11.6 Å². The van der Waals surface area contributed by atoms with Crippen LogP contribution in [0.4, 0.5) is 24.5 Å². The van der Waals surface area contributed by atoms with E-state index in [0.717, 1.165) is 0 Å². The Bertz CT molecular complexity index is 449. The van der Waals surface area contributed by atoms with Crippen LogP contribution in [0.15, 0.2) is 12.1 Å². The lowest BCUT2D eigenvalue weighted by Gasteiger charge is -2.11. The summed E-state index contributed by atoms with van der Waals surface area (Å²) in [6.07, 6.45) is -4.67. The zero-order chi connectivity index (χ0) is 13.2. The molecular weight excluding hydrogens is 261 g/mol. The molecule has 0 aliphatic rings. The second-order valence-electron chi connectivity index (χ2n) is 3.14. The summed E-state index contributed by atoms with van der Waals surface area (Å²) in [6.45, 7) is 1.96. The molecule has 94 valence electrons. The van der Waals surface area contributed by atoms with Crippen molar-refractivity contribution in [3.63, 3.8) is 0 Å². The minimum atomic E-state index is -4.67. The third-order valence-corrected chi connectivity index (χ3v) is 2.25. The van der Waals surface area contributed by atoms with E-state index in [2.05, 4.69) is 5.32 Å². The highest BCUT2D eigenvalue weighted by Crippen LogP contribution is 2.39. The van der Waals surface area contributed by atoms with Gasteiger partial charge in [0.1, 0.15) is 5.69 Å². The largest absolute Gasteiger partial charge is 0.416 e. The lowest BCUT2D eigenvalue weighted by atomic mass is 10.1. The SMILES string of the molecule is CCNc1c(Cl)cc(C(F)(F)F)cc1[N+](=O)[O-]. The number of nitrogens with one attached hydrogen (secondary N) is 1. The molecule has 0 heterocycles. The van der Waals surface area contributed by atoms with E-state index in [-0.39, 0.29) is 10.7 Å². The molecule has 1 aromatic rings. The minimum absolute atomic E-state index is 0.104. The van der Waals surface area contributed by atoms with Crippen LogP contribution in [-0.2, 0) is 6.18 Å². The predicted octanol–water partition coefficient (Wildman–Crippen LogP) is 3.70. The van der Waals surface area contributed by atoms with Crippen molar-refractivity contribution in [3.8, 4) is 0 Å². The van der Waals surface area contributed by atoms with E-state index in [9.17, 15) is 23.3 Å². The van der Waals surface area contributed by atoms with Gasteiger partial charge in [0.15, 0.2) is 0 Å². The summed E-state index contributed by atoms with van der Waals surface area (Å²) in [7, 11) is 0. The Kier molecular flexibility index (Phi) is 3.82. The number of hydrogen-bond acceptors (Lipinski definition) is 3. The van der Waals surface area contributed by atoms with Crippen molar-refractivity contribution in [2.75, 3.05) is 11.9 Å². The summed E-state index contributed by atoms with van der Waals surface area (Å²) in [4.78, 5) is 9.76. The number of benzene rings is 1. The van der Waals surface area contributed by atoms with Crippen LogP contribution in [0.5, 0.6) is 0 Å². The summed E-state index contributed by atoms with van der Waals surface area (Å²) in [6, 6.07) is 1.12. The number of nitro groups is 1.